The second-order valence-electron chi connectivity index (χ2n) is 7.28. The van der Waals surface area contributed by atoms with E-state index < -0.39 is 0 Å². The summed E-state index contributed by atoms with van der Waals surface area (Å²) >= 11 is 0. The van der Waals surface area contributed by atoms with Crippen molar-refractivity contribution in [1.82, 2.24) is 9.47 Å². The van der Waals surface area contributed by atoms with Crippen LogP contribution < -0.4 is 4.74 Å². The van der Waals surface area contributed by atoms with Crippen LogP contribution in [0.1, 0.15) is 24.8 Å². The number of rotatable bonds is 8. The summed E-state index contributed by atoms with van der Waals surface area (Å²) in [7, 11) is 4.30. The highest BCUT2D eigenvalue weighted by molar-refractivity contribution is 5.33. The highest BCUT2D eigenvalue weighted by atomic mass is 16.5. The van der Waals surface area contributed by atoms with Crippen molar-refractivity contribution in [2.24, 2.45) is 0 Å². The van der Waals surface area contributed by atoms with Gasteiger partial charge in [-0.3, -0.25) is 0 Å². The van der Waals surface area contributed by atoms with Gasteiger partial charge in [0.1, 0.15) is 5.75 Å². The lowest BCUT2D eigenvalue weighted by atomic mass is 9.74. The van der Waals surface area contributed by atoms with Crippen LogP contribution in [0.3, 0.4) is 0 Å². The van der Waals surface area contributed by atoms with Crippen molar-refractivity contribution in [2.45, 2.75) is 31.2 Å². The molecule has 0 unspecified atom stereocenters. The Hall–Kier alpha value is -1.78. The predicted octanol–water partition coefficient (Wildman–Crippen LogP) is 3.57. The van der Waals surface area contributed by atoms with Gasteiger partial charge in [0.25, 0.3) is 0 Å². The molecule has 1 aromatic heterocycles. The molecule has 0 spiro atoms. The quantitative estimate of drug-likeness (QED) is 0.686. The Morgan fingerprint density at radius 2 is 1.76 bits per heavy atom. The van der Waals surface area contributed by atoms with Crippen molar-refractivity contribution in [3.05, 3.63) is 54.4 Å². The largest absolute Gasteiger partial charge is 0.494 e. The van der Waals surface area contributed by atoms with E-state index in [1.165, 1.54) is 5.56 Å². The molecule has 1 aromatic carbocycles. The molecule has 3 rings (SSSR count). The van der Waals surface area contributed by atoms with Crippen LogP contribution in [0, 0.1) is 0 Å². The monoisotopic (exact) mass is 342 g/mol. The minimum Gasteiger partial charge on any atom is -0.494 e. The summed E-state index contributed by atoms with van der Waals surface area (Å²) in [4.78, 5) is 2.29. The molecule has 25 heavy (non-hydrogen) atoms. The smallest absolute Gasteiger partial charge is 0.119 e. The summed E-state index contributed by atoms with van der Waals surface area (Å²) in [6, 6.07) is 12.8. The summed E-state index contributed by atoms with van der Waals surface area (Å²) in [5.41, 5.74) is 1.61. The summed E-state index contributed by atoms with van der Waals surface area (Å²) < 4.78 is 13.7. The first kappa shape index (κ1) is 18.0. The molecule has 0 saturated carbocycles. The van der Waals surface area contributed by atoms with Crippen LogP contribution in [0.25, 0.3) is 0 Å². The third-order valence-corrected chi connectivity index (χ3v) is 5.03. The van der Waals surface area contributed by atoms with Crippen molar-refractivity contribution in [3.63, 3.8) is 0 Å². The fraction of sp³-hybridized carbons (Fsp3) is 0.524. The maximum absolute atomic E-state index is 5.91. The van der Waals surface area contributed by atoms with Crippen molar-refractivity contribution < 1.29 is 9.47 Å². The predicted molar refractivity (Wildman–Crippen MR) is 101 cm³/mol. The zero-order valence-corrected chi connectivity index (χ0v) is 15.5. The number of benzene rings is 1. The molecule has 1 fully saturated rings. The fourth-order valence-electron chi connectivity index (χ4n) is 3.77. The second kappa shape index (κ2) is 8.54. The minimum atomic E-state index is 0.203. The first-order valence-corrected chi connectivity index (χ1v) is 9.25. The molecule has 0 aliphatic carbocycles. The molecule has 1 aliphatic heterocycles. The second-order valence-corrected chi connectivity index (χ2v) is 7.28. The average Bonchev–Trinajstić information content (AvgIpc) is 3.13. The van der Waals surface area contributed by atoms with E-state index in [0.717, 1.165) is 57.9 Å². The number of likely N-dealkylation sites (N-methyl/N-ethyl adjacent to an activating group) is 1. The van der Waals surface area contributed by atoms with Gasteiger partial charge in [0, 0.05) is 44.1 Å². The molecule has 2 heterocycles. The molecule has 1 saturated heterocycles. The molecular formula is C21H30N2O2. The van der Waals surface area contributed by atoms with E-state index in [4.69, 9.17) is 9.47 Å². The Morgan fingerprint density at radius 3 is 2.40 bits per heavy atom. The van der Waals surface area contributed by atoms with Gasteiger partial charge in [-0.1, -0.05) is 12.1 Å². The van der Waals surface area contributed by atoms with E-state index in [2.05, 4.69) is 72.4 Å². The third kappa shape index (κ3) is 4.86. The van der Waals surface area contributed by atoms with Crippen molar-refractivity contribution in [3.8, 4) is 5.75 Å². The van der Waals surface area contributed by atoms with E-state index in [1.54, 1.807) is 0 Å². The van der Waals surface area contributed by atoms with Crippen LogP contribution in [0.15, 0.2) is 48.8 Å². The molecule has 0 atom stereocenters. The third-order valence-electron chi connectivity index (χ3n) is 5.03. The lowest BCUT2D eigenvalue weighted by Crippen LogP contribution is -2.42. The highest BCUT2D eigenvalue weighted by Crippen LogP contribution is 2.36. The molecule has 2 aromatic rings. The fourth-order valence-corrected chi connectivity index (χ4v) is 3.77. The summed E-state index contributed by atoms with van der Waals surface area (Å²) in [6.07, 6.45) is 7.36. The summed E-state index contributed by atoms with van der Waals surface area (Å²) in [6.45, 7) is 4.51. The number of ether oxygens (including phenoxy) is 2. The van der Waals surface area contributed by atoms with Gasteiger partial charge in [-0.25, -0.2) is 0 Å². The van der Waals surface area contributed by atoms with Crippen molar-refractivity contribution >= 4 is 0 Å². The highest BCUT2D eigenvalue weighted by Gasteiger charge is 2.34. The Bertz CT molecular complexity index is 614. The Balaban J connectivity index is 1.56. The molecule has 4 heteroatoms. The maximum atomic E-state index is 5.91. The van der Waals surface area contributed by atoms with Gasteiger partial charge in [-0.2, -0.15) is 0 Å². The standard InChI is InChI=1S/C21H30N2O2/c1-22(2)18-21(10-16-24-17-11-21)19-6-8-20(9-7-19)25-15-5-14-23-12-3-4-13-23/h3-4,6-9,12-13H,5,10-11,14-18H2,1-2H3. The van der Waals surface area contributed by atoms with E-state index in [9.17, 15) is 0 Å². The van der Waals surface area contributed by atoms with Gasteiger partial charge in [0.05, 0.1) is 6.61 Å². The van der Waals surface area contributed by atoms with Gasteiger partial charge < -0.3 is 18.9 Å². The first-order chi connectivity index (χ1) is 12.2. The number of aryl methyl sites for hydroxylation is 1. The van der Waals surface area contributed by atoms with Crippen LogP contribution in [0.2, 0.25) is 0 Å². The minimum absolute atomic E-state index is 0.203. The van der Waals surface area contributed by atoms with Crippen LogP contribution in [-0.4, -0.2) is 49.9 Å². The van der Waals surface area contributed by atoms with Crippen molar-refractivity contribution in [2.75, 3.05) is 40.5 Å². The van der Waals surface area contributed by atoms with Gasteiger partial charge >= 0.3 is 0 Å². The molecule has 1 aliphatic rings. The number of nitrogens with zero attached hydrogens (tertiary/aromatic N) is 2. The van der Waals surface area contributed by atoms with E-state index in [1.807, 2.05) is 0 Å². The topological polar surface area (TPSA) is 26.6 Å². The van der Waals surface area contributed by atoms with Gasteiger partial charge in [0.15, 0.2) is 0 Å². The SMILES string of the molecule is CN(C)CC1(c2ccc(OCCCn3cccc3)cc2)CCOCC1. The van der Waals surface area contributed by atoms with E-state index >= 15 is 0 Å². The van der Waals surface area contributed by atoms with Crippen LogP contribution in [0.4, 0.5) is 0 Å². The molecule has 0 bridgehead atoms. The molecular weight excluding hydrogens is 312 g/mol. The molecule has 136 valence electrons. The first-order valence-electron chi connectivity index (χ1n) is 9.25. The number of hydrogen-bond acceptors (Lipinski definition) is 3. The van der Waals surface area contributed by atoms with Gasteiger partial charge in [0.2, 0.25) is 0 Å². The summed E-state index contributed by atoms with van der Waals surface area (Å²) in [5.74, 6) is 0.961. The lowest BCUT2D eigenvalue weighted by molar-refractivity contribution is 0.0401. The molecule has 0 radical (unpaired) electrons. The Kier molecular flexibility index (Phi) is 6.16. The molecule has 0 N–H and O–H groups in total. The average molecular weight is 342 g/mol. The van der Waals surface area contributed by atoms with Gasteiger partial charge in [-0.05, 0) is 63.2 Å². The lowest BCUT2D eigenvalue weighted by Gasteiger charge is -2.39. The molecule has 0 amide bonds. The van der Waals surface area contributed by atoms with Crippen LogP contribution >= 0.6 is 0 Å². The zero-order valence-electron chi connectivity index (χ0n) is 15.5. The van der Waals surface area contributed by atoms with Gasteiger partial charge in [-0.15, -0.1) is 0 Å². The number of aromatic nitrogens is 1. The van der Waals surface area contributed by atoms with Crippen LogP contribution in [-0.2, 0) is 16.7 Å². The Morgan fingerprint density at radius 1 is 1.08 bits per heavy atom. The zero-order chi connectivity index (χ0) is 17.5. The Labute approximate surface area is 151 Å². The summed E-state index contributed by atoms with van der Waals surface area (Å²) in [5, 5.41) is 0. The number of hydrogen-bond donors (Lipinski definition) is 0. The van der Waals surface area contributed by atoms with E-state index in [-0.39, 0.29) is 5.41 Å². The van der Waals surface area contributed by atoms with E-state index in [0.29, 0.717) is 0 Å². The van der Waals surface area contributed by atoms with Crippen molar-refractivity contribution in [1.29, 1.82) is 0 Å². The molecule has 4 nitrogen and oxygen atoms in total. The van der Waals surface area contributed by atoms with Crippen LogP contribution in [0.5, 0.6) is 5.75 Å². The normalized spacial score (nSPS) is 16.9. The maximum Gasteiger partial charge on any atom is 0.119 e.